The van der Waals surface area contributed by atoms with Gasteiger partial charge in [0.25, 0.3) is 5.91 Å². The fraction of sp³-hybridized carbons (Fsp3) is 0.360. The van der Waals surface area contributed by atoms with E-state index in [0.29, 0.717) is 18.8 Å². The number of carbonyl (C=O) groups excluding carboxylic acids is 1. The second kappa shape index (κ2) is 9.64. The summed E-state index contributed by atoms with van der Waals surface area (Å²) in [5.74, 6) is -0.133. The zero-order chi connectivity index (χ0) is 22.6. The largest absolute Gasteiger partial charge is 0.378 e. The molecule has 0 spiro atoms. The lowest BCUT2D eigenvalue weighted by Gasteiger charge is -2.33. The minimum Gasteiger partial charge on any atom is -0.378 e. The summed E-state index contributed by atoms with van der Waals surface area (Å²) in [4.78, 5) is 17.7. The van der Waals surface area contributed by atoms with Crippen molar-refractivity contribution in [2.45, 2.75) is 6.92 Å². The van der Waals surface area contributed by atoms with Crippen molar-refractivity contribution >= 4 is 23.0 Å². The van der Waals surface area contributed by atoms with Crippen LogP contribution in [0.25, 0.3) is 5.69 Å². The number of morpholine rings is 2. The number of benzene rings is 2. The van der Waals surface area contributed by atoms with Crippen LogP contribution in [-0.2, 0) is 9.47 Å². The molecule has 5 rings (SSSR count). The van der Waals surface area contributed by atoms with Crippen molar-refractivity contribution in [2.75, 3.05) is 67.7 Å². The van der Waals surface area contributed by atoms with Crippen LogP contribution in [-0.4, -0.2) is 68.3 Å². The number of amides is 1. The fourth-order valence-corrected chi connectivity index (χ4v) is 4.22. The maximum Gasteiger partial charge on any atom is 0.255 e. The van der Waals surface area contributed by atoms with E-state index in [1.54, 1.807) is 4.68 Å². The van der Waals surface area contributed by atoms with Crippen LogP contribution in [0.5, 0.6) is 0 Å². The van der Waals surface area contributed by atoms with E-state index in [1.807, 2.05) is 49.6 Å². The van der Waals surface area contributed by atoms with Crippen LogP contribution in [0.1, 0.15) is 15.9 Å². The maximum atomic E-state index is 13.1. The Morgan fingerprint density at radius 2 is 1.52 bits per heavy atom. The van der Waals surface area contributed by atoms with E-state index in [4.69, 9.17) is 9.47 Å². The van der Waals surface area contributed by atoms with Gasteiger partial charge in [-0.05, 0) is 55.0 Å². The molecule has 172 valence electrons. The van der Waals surface area contributed by atoms with Gasteiger partial charge in [-0.25, -0.2) is 4.68 Å². The van der Waals surface area contributed by atoms with Crippen molar-refractivity contribution in [3.8, 4) is 5.69 Å². The van der Waals surface area contributed by atoms with Crippen molar-refractivity contribution in [1.82, 2.24) is 9.78 Å². The van der Waals surface area contributed by atoms with Crippen LogP contribution in [0.2, 0.25) is 0 Å². The molecule has 2 aliphatic heterocycles. The van der Waals surface area contributed by atoms with Crippen LogP contribution in [0.15, 0.2) is 54.9 Å². The Labute approximate surface area is 193 Å². The number of carbonyl (C=O) groups is 1. The maximum absolute atomic E-state index is 13.1. The van der Waals surface area contributed by atoms with E-state index >= 15 is 0 Å². The lowest BCUT2D eigenvalue weighted by Crippen LogP contribution is -2.38. The normalized spacial score (nSPS) is 16.6. The Balaban J connectivity index is 1.37. The van der Waals surface area contributed by atoms with Crippen molar-refractivity contribution in [3.05, 3.63) is 66.0 Å². The number of ether oxygens (including phenoxy) is 2. The molecule has 0 aliphatic carbocycles. The number of hydrogen-bond acceptors (Lipinski definition) is 6. The monoisotopic (exact) mass is 447 g/mol. The van der Waals surface area contributed by atoms with Crippen molar-refractivity contribution in [3.63, 3.8) is 0 Å². The molecule has 8 heteroatoms. The summed E-state index contributed by atoms with van der Waals surface area (Å²) < 4.78 is 12.8. The molecule has 0 unspecified atom stereocenters. The first-order valence-corrected chi connectivity index (χ1v) is 11.4. The molecule has 0 radical (unpaired) electrons. The van der Waals surface area contributed by atoms with Gasteiger partial charge < -0.3 is 24.6 Å². The number of hydrogen-bond donors (Lipinski definition) is 1. The average molecular weight is 448 g/mol. The lowest BCUT2D eigenvalue weighted by atomic mass is 10.1. The molecule has 0 atom stereocenters. The Bertz CT molecular complexity index is 1100. The van der Waals surface area contributed by atoms with Crippen molar-refractivity contribution < 1.29 is 14.3 Å². The summed E-state index contributed by atoms with van der Waals surface area (Å²) in [5.41, 5.74) is 5.60. The summed E-state index contributed by atoms with van der Waals surface area (Å²) in [7, 11) is 0. The van der Waals surface area contributed by atoms with Gasteiger partial charge in [-0.15, -0.1) is 0 Å². The van der Waals surface area contributed by atoms with Gasteiger partial charge in [0.1, 0.15) is 0 Å². The highest BCUT2D eigenvalue weighted by Crippen LogP contribution is 2.32. The molecular formula is C25H29N5O3. The zero-order valence-corrected chi connectivity index (χ0v) is 18.9. The molecule has 8 nitrogen and oxygen atoms in total. The fourth-order valence-electron chi connectivity index (χ4n) is 4.22. The molecular weight excluding hydrogens is 418 g/mol. The van der Waals surface area contributed by atoms with Crippen molar-refractivity contribution in [2.24, 2.45) is 0 Å². The molecule has 2 aromatic carbocycles. The van der Waals surface area contributed by atoms with Crippen LogP contribution >= 0.6 is 0 Å². The highest BCUT2D eigenvalue weighted by molar-refractivity contribution is 6.06. The third kappa shape index (κ3) is 4.86. The van der Waals surface area contributed by atoms with Gasteiger partial charge in [0, 0.05) is 43.6 Å². The highest BCUT2D eigenvalue weighted by atomic mass is 16.5. The van der Waals surface area contributed by atoms with Gasteiger partial charge in [-0.1, -0.05) is 0 Å². The minimum atomic E-state index is -0.133. The summed E-state index contributed by atoms with van der Waals surface area (Å²) >= 11 is 0. The Morgan fingerprint density at radius 1 is 0.879 bits per heavy atom. The molecule has 1 aromatic heterocycles. The molecule has 2 fully saturated rings. The van der Waals surface area contributed by atoms with Gasteiger partial charge in [-0.2, -0.15) is 5.10 Å². The van der Waals surface area contributed by atoms with E-state index < -0.39 is 0 Å². The summed E-state index contributed by atoms with van der Waals surface area (Å²) in [6.07, 6.45) is 3.77. The summed E-state index contributed by atoms with van der Waals surface area (Å²) in [6.45, 7) is 8.18. The SMILES string of the molecule is Cc1cnn(-c2ccc(C(=O)Nc3ccc(N4CCOCC4)cc3N3CCOCC3)cc2)c1. The van der Waals surface area contributed by atoms with Crippen LogP contribution in [0.4, 0.5) is 17.1 Å². The predicted octanol–water partition coefficient (Wildman–Crippen LogP) is 3.11. The molecule has 3 aromatic rings. The Morgan fingerprint density at radius 3 is 2.15 bits per heavy atom. The predicted molar refractivity (Wildman–Crippen MR) is 129 cm³/mol. The molecule has 33 heavy (non-hydrogen) atoms. The van der Waals surface area contributed by atoms with Crippen LogP contribution in [0.3, 0.4) is 0 Å². The van der Waals surface area contributed by atoms with Gasteiger partial charge in [-0.3, -0.25) is 4.79 Å². The second-order valence-corrected chi connectivity index (χ2v) is 8.36. The van der Waals surface area contributed by atoms with E-state index in [2.05, 4.69) is 32.3 Å². The molecule has 1 amide bonds. The third-order valence-corrected chi connectivity index (χ3v) is 6.06. The van der Waals surface area contributed by atoms with E-state index in [1.165, 1.54) is 0 Å². The van der Waals surface area contributed by atoms with E-state index in [0.717, 1.165) is 67.7 Å². The van der Waals surface area contributed by atoms with Crippen molar-refractivity contribution in [1.29, 1.82) is 0 Å². The van der Waals surface area contributed by atoms with Gasteiger partial charge in [0.05, 0.1) is 49.7 Å². The topological polar surface area (TPSA) is 71.9 Å². The summed E-state index contributed by atoms with van der Waals surface area (Å²) in [5, 5.41) is 7.46. The highest BCUT2D eigenvalue weighted by Gasteiger charge is 2.20. The van der Waals surface area contributed by atoms with Crippen LogP contribution in [0, 0.1) is 6.92 Å². The minimum absolute atomic E-state index is 0.133. The summed E-state index contributed by atoms with van der Waals surface area (Å²) in [6, 6.07) is 13.7. The molecule has 2 aliphatic rings. The number of nitrogens with zero attached hydrogens (tertiary/aromatic N) is 4. The lowest BCUT2D eigenvalue weighted by molar-refractivity contribution is 0.102. The molecule has 0 bridgehead atoms. The molecule has 3 heterocycles. The molecule has 1 N–H and O–H groups in total. The smallest absolute Gasteiger partial charge is 0.255 e. The standard InChI is InChI=1S/C25H29N5O3/c1-19-17-26-30(18-19)21-4-2-20(3-5-21)25(31)27-23-7-6-22(28-8-12-32-13-9-28)16-24(23)29-10-14-33-15-11-29/h2-7,16-18H,8-15H2,1H3,(H,27,31). The van der Waals surface area contributed by atoms with Gasteiger partial charge in [0.2, 0.25) is 0 Å². The Kier molecular flexibility index (Phi) is 6.28. The van der Waals surface area contributed by atoms with E-state index in [9.17, 15) is 4.79 Å². The quantitative estimate of drug-likeness (QED) is 0.648. The van der Waals surface area contributed by atoms with Gasteiger partial charge >= 0.3 is 0 Å². The second-order valence-electron chi connectivity index (χ2n) is 8.36. The number of aromatic nitrogens is 2. The van der Waals surface area contributed by atoms with E-state index in [-0.39, 0.29) is 5.91 Å². The molecule has 2 saturated heterocycles. The zero-order valence-electron chi connectivity index (χ0n) is 18.9. The Hall–Kier alpha value is -3.36. The number of rotatable bonds is 5. The first-order valence-electron chi connectivity index (χ1n) is 11.4. The molecule has 0 saturated carbocycles. The van der Waals surface area contributed by atoms with Gasteiger partial charge in [0.15, 0.2) is 0 Å². The first kappa shape index (κ1) is 21.5. The average Bonchev–Trinajstić information content (AvgIpc) is 3.31. The number of nitrogens with one attached hydrogen (secondary N) is 1. The number of aryl methyl sites for hydroxylation is 1. The third-order valence-electron chi connectivity index (χ3n) is 6.06. The first-order chi connectivity index (χ1) is 16.2. The van der Waals surface area contributed by atoms with Crippen LogP contribution < -0.4 is 15.1 Å². The number of anilines is 3.